The normalized spacial score (nSPS) is 12.9. The molecule has 0 aliphatic carbocycles. The van der Waals surface area contributed by atoms with Crippen molar-refractivity contribution in [3.8, 4) is 89.5 Å². The summed E-state index contributed by atoms with van der Waals surface area (Å²) in [6.07, 6.45) is 0. The molecule has 0 N–H and O–H groups in total. The van der Waals surface area contributed by atoms with Crippen LogP contribution in [-0.4, -0.2) is 18.3 Å². The lowest BCUT2D eigenvalue weighted by atomic mass is 9.85. The maximum absolute atomic E-state index is 14.9. The van der Waals surface area contributed by atoms with Crippen LogP contribution in [0.3, 0.4) is 0 Å². The number of rotatable bonds is 10. The Morgan fingerprint density at radius 1 is 0.133 bits per heavy atom. The van der Waals surface area contributed by atoms with Crippen LogP contribution in [0.2, 0.25) is 0 Å². The van der Waals surface area contributed by atoms with Gasteiger partial charge in [-0.25, -0.2) is 8.78 Å². The highest BCUT2D eigenvalue weighted by Crippen LogP contribution is 2.53. The second-order valence-corrected chi connectivity index (χ2v) is 50.5. The van der Waals surface area contributed by atoms with Crippen LogP contribution in [0.25, 0.3) is 220 Å². The van der Waals surface area contributed by atoms with E-state index in [1.807, 2.05) is 24.3 Å². The van der Waals surface area contributed by atoms with Crippen LogP contribution in [0.15, 0.2) is 376 Å². The van der Waals surface area contributed by atoms with E-state index in [1.54, 1.807) is 24.3 Å². The Hall–Kier alpha value is -15.5. The lowest BCUT2D eigenvalue weighted by Gasteiger charge is -2.21. The van der Waals surface area contributed by atoms with E-state index in [2.05, 4.69) is 512 Å². The number of aromatic nitrogens is 4. The van der Waals surface area contributed by atoms with E-state index in [0.29, 0.717) is 0 Å². The molecule has 0 spiro atoms. The first-order valence-electron chi connectivity index (χ1n) is 53.5. The first kappa shape index (κ1) is 97.9. The molecular formula is C144H134F2N4. The van der Waals surface area contributed by atoms with E-state index < -0.39 is 0 Å². The Morgan fingerprint density at radius 3 is 0.453 bits per heavy atom. The van der Waals surface area contributed by atoms with Gasteiger partial charge in [0.2, 0.25) is 0 Å². The fraction of sp³-hybridized carbons (Fsp3) is 0.222. The summed E-state index contributed by atoms with van der Waals surface area (Å²) in [4.78, 5) is 0. The van der Waals surface area contributed by atoms with E-state index in [9.17, 15) is 8.78 Å². The predicted octanol–water partition coefficient (Wildman–Crippen LogP) is 41.0. The van der Waals surface area contributed by atoms with Gasteiger partial charge in [0.1, 0.15) is 11.6 Å². The van der Waals surface area contributed by atoms with Gasteiger partial charge >= 0.3 is 0 Å². The van der Waals surface area contributed by atoms with Gasteiger partial charge in [0, 0.05) is 65.8 Å². The molecule has 0 bridgehead atoms. The van der Waals surface area contributed by atoms with Crippen molar-refractivity contribution in [2.24, 2.45) is 0 Å². The SMILES string of the molecule is CC(C)(C)c1ccc2c(c1)c1cc(C(C)(C)C)ccc1n2-c1ccc2c(-c3ccc(-c4ccccc4)cc3)c3cc(-n4c5ccc(C(C)(C)C)cc5c5cc(C(C)(C)C)ccc54)ccc3c(-c3ccc(-c4ccccc4)cc3)c2c1.CC(C)(C)c1ccc2c(c1)c1cc(C(C)(C)C)ccc1n2-c1ccc2c(-c3ccc(F)cc3)c3cc(-n4c5ccc(C(C)(C)C)cc5c5cc(C(C)(C)C)ccc54)ccc3c(-c3ccc(F)cc3)c2c1. The molecule has 744 valence electrons. The van der Waals surface area contributed by atoms with E-state index in [4.69, 9.17) is 0 Å². The number of halogens is 2. The van der Waals surface area contributed by atoms with Gasteiger partial charge < -0.3 is 18.3 Å². The lowest BCUT2D eigenvalue weighted by molar-refractivity contribution is 0.590. The molecule has 0 aliphatic heterocycles. The molecule has 6 heteroatoms. The molecule has 24 aromatic rings. The van der Waals surface area contributed by atoms with Crippen LogP contribution in [0.4, 0.5) is 8.78 Å². The Bertz CT molecular complexity index is 8730. The van der Waals surface area contributed by atoms with Gasteiger partial charge in [-0.15, -0.1) is 0 Å². The van der Waals surface area contributed by atoms with Crippen molar-refractivity contribution < 1.29 is 8.78 Å². The Balaban J connectivity index is 0.000000166. The second-order valence-electron chi connectivity index (χ2n) is 50.5. The fourth-order valence-corrected chi connectivity index (χ4v) is 23.3. The number of fused-ring (bicyclic) bond motifs is 16. The largest absolute Gasteiger partial charge is 0.309 e. The molecule has 0 atom stereocenters. The van der Waals surface area contributed by atoms with Crippen LogP contribution < -0.4 is 0 Å². The molecule has 4 heterocycles. The minimum absolute atomic E-state index is 0.00189. The monoisotopic (exact) mass is 1960 g/mol. The summed E-state index contributed by atoms with van der Waals surface area (Å²) in [5.74, 6) is -0.568. The number of hydrogen-bond acceptors (Lipinski definition) is 0. The minimum Gasteiger partial charge on any atom is -0.309 e. The molecule has 0 amide bonds. The molecule has 4 nitrogen and oxygen atoms in total. The maximum atomic E-state index is 14.9. The fourth-order valence-electron chi connectivity index (χ4n) is 23.3. The first-order valence-corrected chi connectivity index (χ1v) is 53.5. The Labute approximate surface area is 882 Å². The zero-order valence-electron chi connectivity index (χ0n) is 91.3. The number of hydrogen-bond donors (Lipinski definition) is 0. The highest BCUT2D eigenvalue weighted by atomic mass is 19.1. The molecule has 0 radical (unpaired) electrons. The summed E-state index contributed by atoms with van der Waals surface area (Å²) >= 11 is 0. The third-order valence-electron chi connectivity index (χ3n) is 32.0. The molecule has 4 aromatic heterocycles. The van der Waals surface area contributed by atoms with Crippen molar-refractivity contribution in [1.29, 1.82) is 0 Å². The van der Waals surface area contributed by atoms with Gasteiger partial charge in [0.05, 0.1) is 44.1 Å². The smallest absolute Gasteiger partial charge is 0.123 e. The third-order valence-corrected chi connectivity index (χ3v) is 32.0. The zero-order chi connectivity index (χ0) is 105. The Kier molecular flexibility index (Phi) is 23.2. The van der Waals surface area contributed by atoms with Gasteiger partial charge in [-0.3, -0.25) is 0 Å². The molecular weight excluding hydrogens is 1820 g/mol. The van der Waals surface area contributed by atoms with Gasteiger partial charge in [0.15, 0.2) is 0 Å². The third kappa shape index (κ3) is 17.2. The summed E-state index contributed by atoms with van der Waals surface area (Å²) in [6, 6.07) is 139. The van der Waals surface area contributed by atoms with Crippen molar-refractivity contribution in [2.75, 3.05) is 0 Å². The maximum Gasteiger partial charge on any atom is 0.123 e. The van der Waals surface area contributed by atoms with Crippen molar-refractivity contribution >= 4 is 130 Å². The average Bonchev–Trinajstić information content (AvgIpc) is 1.12. The lowest BCUT2D eigenvalue weighted by Crippen LogP contribution is -2.10. The van der Waals surface area contributed by atoms with E-state index in [-0.39, 0.29) is 55.0 Å². The molecule has 150 heavy (non-hydrogen) atoms. The number of benzene rings is 20. The summed E-state index contributed by atoms with van der Waals surface area (Å²) < 4.78 is 39.7. The minimum atomic E-state index is -0.284. The van der Waals surface area contributed by atoms with Gasteiger partial charge in [0.25, 0.3) is 0 Å². The van der Waals surface area contributed by atoms with Gasteiger partial charge in [-0.2, -0.15) is 0 Å². The molecule has 0 unspecified atom stereocenters. The Morgan fingerprint density at radius 2 is 0.287 bits per heavy atom. The zero-order valence-corrected chi connectivity index (χ0v) is 91.3. The molecule has 0 saturated heterocycles. The first-order chi connectivity index (χ1) is 71.2. The molecule has 0 fully saturated rings. The summed E-state index contributed by atoms with van der Waals surface area (Å²) in [5.41, 5.74) is 37.6. The standard InChI is InChI=1S/C78H72N2.C66H62F2N2/c1-75(2,3)55-31-39-69-63(43-55)64-44-56(76(4,5)6)32-40-70(64)79(69)59-35-37-61-67(47-59)73(53-27-23-51(24-28-53)49-19-15-13-16-20-49)62-38-36-60(48-68(62)74(61)54-29-25-52(26-30-54)50-21-17-14-18-22-50)80-71-41-33-57(77(7,8)9)45-65(71)66-46-58(78(10,11)12)34-42-72(66)80;1-63(2,3)41-17-29-57-51(33-41)52-34-42(64(4,5)6)18-30-58(52)69(57)47-25-27-49-55(37-47)61(39-13-21-45(67)22-14-39)50-28-26-48(38-56(50)62(49)40-15-23-46(68)24-16-40)70-59-31-19-43(65(7,8)9)35-53(59)54-36-44(66(10,11)12)20-32-60(54)70/h13-48H,1-12H3;13-38H,1-12H3. The second kappa shape index (κ2) is 35.6. The topological polar surface area (TPSA) is 19.7 Å². The van der Waals surface area contributed by atoms with Crippen LogP contribution in [0.5, 0.6) is 0 Å². The van der Waals surface area contributed by atoms with E-state index >= 15 is 0 Å². The van der Waals surface area contributed by atoms with Crippen LogP contribution in [0, 0.1) is 11.6 Å². The van der Waals surface area contributed by atoms with E-state index in [0.717, 1.165) is 88.6 Å². The van der Waals surface area contributed by atoms with Crippen molar-refractivity contribution in [3.05, 3.63) is 432 Å². The van der Waals surface area contributed by atoms with Gasteiger partial charge in [-0.05, 0) is 368 Å². The quantitative estimate of drug-likeness (QED) is 0.122. The summed E-state index contributed by atoms with van der Waals surface area (Å²) in [6.45, 7) is 55.1. The predicted molar refractivity (Wildman–Crippen MR) is 642 cm³/mol. The molecule has 20 aromatic carbocycles. The number of nitrogens with zero attached hydrogens (tertiary/aromatic N) is 4. The average molecular weight is 1960 g/mol. The van der Waals surface area contributed by atoms with E-state index in [1.165, 1.54) is 176 Å². The van der Waals surface area contributed by atoms with Crippen LogP contribution >= 0.6 is 0 Å². The molecule has 0 aliphatic rings. The van der Waals surface area contributed by atoms with Crippen molar-refractivity contribution in [1.82, 2.24) is 18.3 Å². The summed E-state index contributed by atoms with van der Waals surface area (Å²) in [5, 5.41) is 19.0. The highest BCUT2D eigenvalue weighted by molar-refractivity contribution is 6.25. The van der Waals surface area contributed by atoms with Crippen molar-refractivity contribution in [3.63, 3.8) is 0 Å². The highest BCUT2D eigenvalue weighted by Gasteiger charge is 2.32. The van der Waals surface area contributed by atoms with Crippen LogP contribution in [-0.2, 0) is 43.3 Å². The summed E-state index contributed by atoms with van der Waals surface area (Å²) in [7, 11) is 0. The molecule has 24 rings (SSSR count). The van der Waals surface area contributed by atoms with Crippen molar-refractivity contribution in [2.45, 2.75) is 209 Å². The van der Waals surface area contributed by atoms with Gasteiger partial charge in [-0.1, -0.05) is 372 Å². The van der Waals surface area contributed by atoms with Crippen LogP contribution in [0.1, 0.15) is 211 Å². The molecule has 0 saturated carbocycles.